The number of hydrogen-bond acceptors (Lipinski definition) is 9. The number of likely N-dealkylation sites (N-methyl/N-ethyl adjacent to an activating group) is 1. The van der Waals surface area contributed by atoms with Gasteiger partial charge in [-0.2, -0.15) is 10.2 Å². The van der Waals surface area contributed by atoms with Crippen LogP contribution < -0.4 is 20.3 Å². The molecule has 5 heterocycles. The van der Waals surface area contributed by atoms with Crippen LogP contribution in [0.25, 0.3) is 11.3 Å². The first-order chi connectivity index (χ1) is 24.8. The minimum absolute atomic E-state index is 0.147. The molecule has 7 rings (SSSR count). The Kier molecular flexibility index (Phi) is 11.1. The number of urea groups is 1. The van der Waals surface area contributed by atoms with E-state index >= 15 is 0 Å². The molecule has 1 aliphatic carbocycles. The molecule has 4 aromatic heterocycles. The summed E-state index contributed by atoms with van der Waals surface area (Å²) >= 11 is 0. The van der Waals surface area contributed by atoms with Gasteiger partial charge in [0.25, 0.3) is 6.47 Å². The van der Waals surface area contributed by atoms with Crippen LogP contribution in [0.3, 0.4) is 0 Å². The number of carboxylic acid groups (broad SMARTS) is 1. The zero-order chi connectivity index (χ0) is 35.9. The van der Waals surface area contributed by atoms with Crippen molar-refractivity contribution in [2.45, 2.75) is 77.1 Å². The van der Waals surface area contributed by atoms with Gasteiger partial charge in [-0.1, -0.05) is 31.2 Å². The number of hydrogen-bond donors (Lipinski definition) is 3. The smallest absolute Gasteiger partial charge is 0.320 e. The summed E-state index contributed by atoms with van der Waals surface area (Å²) in [5.74, 6) is 2.24. The summed E-state index contributed by atoms with van der Waals surface area (Å²) in [6, 6.07) is 14.0. The minimum atomic E-state index is -0.282. The Morgan fingerprint density at radius 3 is 2.65 bits per heavy atom. The number of aromatic nitrogens is 7. The fourth-order valence-corrected chi connectivity index (χ4v) is 6.79. The first-order valence-electron chi connectivity index (χ1n) is 17.6. The van der Waals surface area contributed by atoms with E-state index in [1.54, 1.807) is 10.9 Å². The van der Waals surface area contributed by atoms with Crippen LogP contribution in [0, 0.1) is 0 Å². The maximum absolute atomic E-state index is 13.5. The second kappa shape index (κ2) is 16.1. The summed E-state index contributed by atoms with van der Waals surface area (Å²) in [6.45, 7) is 6.67. The second-order valence-electron chi connectivity index (χ2n) is 13.3. The Morgan fingerprint density at radius 1 is 1.08 bits per heavy atom. The van der Waals surface area contributed by atoms with E-state index in [4.69, 9.17) is 19.7 Å². The number of amides is 2. The zero-order valence-electron chi connectivity index (χ0n) is 29.6. The maximum Gasteiger partial charge on any atom is 0.320 e. The van der Waals surface area contributed by atoms with Crippen molar-refractivity contribution in [2.24, 2.45) is 0 Å². The van der Waals surface area contributed by atoms with Crippen LogP contribution in [-0.2, 0) is 17.8 Å². The predicted molar refractivity (Wildman–Crippen MR) is 194 cm³/mol. The molecule has 0 bridgehead atoms. The number of anilines is 2. The number of aryl methyl sites for hydroxylation is 1. The van der Waals surface area contributed by atoms with E-state index in [0.717, 1.165) is 91.6 Å². The highest BCUT2D eigenvalue weighted by molar-refractivity contribution is 5.89. The van der Waals surface area contributed by atoms with Gasteiger partial charge < -0.3 is 25.0 Å². The molecule has 15 nitrogen and oxygen atoms in total. The van der Waals surface area contributed by atoms with Crippen LogP contribution >= 0.6 is 0 Å². The number of nitrogens with zero attached hydrogens (tertiary/aromatic N) is 9. The lowest BCUT2D eigenvalue weighted by Crippen LogP contribution is -2.38. The van der Waals surface area contributed by atoms with Crippen LogP contribution in [-0.4, -0.2) is 89.9 Å². The molecule has 1 saturated heterocycles. The van der Waals surface area contributed by atoms with E-state index in [-0.39, 0.29) is 24.6 Å². The third-order valence-electron chi connectivity index (χ3n) is 9.44. The van der Waals surface area contributed by atoms with Gasteiger partial charge in [-0.25, -0.2) is 9.48 Å². The number of nitrogens with one attached hydrogen (secondary N) is 2. The van der Waals surface area contributed by atoms with Crippen LogP contribution in [0.2, 0.25) is 0 Å². The van der Waals surface area contributed by atoms with E-state index in [1.807, 2.05) is 72.8 Å². The van der Waals surface area contributed by atoms with Gasteiger partial charge in [0.1, 0.15) is 23.4 Å². The highest BCUT2D eigenvalue weighted by Crippen LogP contribution is 2.39. The number of pyridine rings is 1. The summed E-state index contributed by atoms with van der Waals surface area (Å²) in [5.41, 5.74) is 4.62. The topological polar surface area (TPSA) is 160 Å². The molecule has 1 fully saturated rings. The first-order valence-corrected chi connectivity index (χ1v) is 17.6. The maximum atomic E-state index is 13.5. The molecule has 5 aromatic rings. The summed E-state index contributed by atoms with van der Waals surface area (Å²) in [7, 11) is 4.07. The molecule has 0 unspecified atom stereocenters. The fourth-order valence-electron chi connectivity index (χ4n) is 6.79. The quantitative estimate of drug-likeness (QED) is 0.168. The van der Waals surface area contributed by atoms with Gasteiger partial charge in [0.05, 0.1) is 36.9 Å². The summed E-state index contributed by atoms with van der Waals surface area (Å²) in [5, 5.41) is 31.3. The van der Waals surface area contributed by atoms with Crippen LogP contribution in [0.15, 0.2) is 61.1 Å². The number of fused-ring (bicyclic) bond motifs is 2. The third kappa shape index (κ3) is 8.14. The second-order valence-corrected chi connectivity index (χ2v) is 13.3. The molecule has 270 valence electrons. The summed E-state index contributed by atoms with van der Waals surface area (Å²) < 4.78 is 12.3. The molecule has 0 radical (unpaired) electrons. The average molecular weight is 698 g/mol. The standard InChI is InChI=1S/C35H45N11O2.CH2O2/c1-5-25-20-33(46(41-25)26-21-36-43(22-26)19-18-42(3)4)38-34(47)37-30-14-15-31(29-12-7-6-11-28(29)30)48-27-13-16-32-39-40-35(45(32)23-27)44-17-9-8-10-24(44)2;2-1-3/h6-7,11-13,16,20-24,30-31H,5,8-10,14-15,17-19H2,1-4H3,(H2,37,38,47);1H,(H,2,3)/t24-,30-,31+;/m0./s1. The van der Waals surface area contributed by atoms with E-state index in [2.05, 4.69) is 54.8 Å². The molecule has 15 heteroatoms. The molecule has 2 aliphatic rings. The number of rotatable bonds is 10. The van der Waals surface area contributed by atoms with Crippen molar-refractivity contribution in [3.8, 4) is 11.4 Å². The summed E-state index contributed by atoms with van der Waals surface area (Å²) in [6.07, 6.45) is 11.4. The lowest BCUT2D eigenvalue weighted by molar-refractivity contribution is -0.122. The van der Waals surface area contributed by atoms with Crippen LogP contribution in [0.4, 0.5) is 16.6 Å². The van der Waals surface area contributed by atoms with Gasteiger partial charge in [-0.05, 0) is 82.8 Å². The van der Waals surface area contributed by atoms with Gasteiger partial charge in [0, 0.05) is 25.2 Å². The lowest BCUT2D eigenvalue weighted by Gasteiger charge is -2.33. The molecule has 0 spiro atoms. The molecule has 2 amide bonds. The fraction of sp³-hybridized carbons (Fsp3) is 0.444. The van der Waals surface area contributed by atoms with Crippen LogP contribution in [0.1, 0.15) is 74.9 Å². The largest absolute Gasteiger partial charge is 0.484 e. The molecule has 0 saturated carbocycles. The Bertz CT molecular complexity index is 1930. The number of piperidine rings is 1. The number of benzene rings is 1. The molecular weight excluding hydrogens is 650 g/mol. The highest BCUT2D eigenvalue weighted by Gasteiger charge is 2.30. The molecular formula is C36H47N11O4. The van der Waals surface area contributed by atoms with Crippen molar-refractivity contribution < 1.29 is 19.4 Å². The molecule has 3 N–H and O–H groups in total. The first kappa shape index (κ1) is 35.4. The Hall–Kier alpha value is -5.44. The lowest BCUT2D eigenvalue weighted by atomic mass is 9.85. The van der Waals surface area contributed by atoms with Crippen molar-refractivity contribution in [3.63, 3.8) is 0 Å². The Labute approximate surface area is 297 Å². The molecule has 1 aromatic carbocycles. The average Bonchev–Trinajstić information content (AvgIpc) is 3.87. The number of ether oxygens (including phenoxy) is 1. The predicted octanol–water partition coefficient (Wildman–Crippen LogP) is 5.09. The minimum Gasteiger partial charge on any atom is -0.484 e. The van der Waals surface area contributed by atoms with Crippen molar-refractivity contribution in [1.29, 1.82) is 0 Å². The van der Waals surface area contributed by atoms with Gasteiger partial charge in [0.15, 0.2) is 5.65 Å². The number of carbonyl (C=O) groups is 2. The van der Waals surface area contributed by atoms with Gasteiger partial charge in [-0.15, -0.1) is 10.2 Å². The van der Waals surface area contributed by atoms with Gasteiger partial charge >= 0.3 is 6.03 Å². The normalized spacial score (nSPS) is 18.5. The highest BCUT2D eigenvalue weighted by atomic mass is 16.5. The summed E-state index contributed by atoms with van der Waals surface area (Å²) in [4.78, 5) is 26.3. The molecule has 1 aliphatic heterocycles. The molecule has 51 heavy (non-hydrogen) atoms. The van der Waals surface area contributed by atoms with Crippen LogP contribution in [0.5, 0.6) is 5.75 Å². The van der Waals surface area contributed by atoms with E-state index in [0.29, 0.717) is 11.9 Å². The van der Waals surface area contributed by atoms with E-state index in [9.17, 15) is 4.79 Å². The monoisotopic (exact) mass is 697 g/mol. The van der Waals surface area contributed by atoms with Gasteiger partial charge in [0.2, 0.25) is 5.95 Å². The molecule has 3 atom stereocenters. The SMILES string of the molecule is CCc1cc(NC(=O)N[C@H]2CC[C@@H](Oc3ccc4nnc(N5CCCC[C@@H]5C)n4c3)c3ccccc32)n(-c2cnn(CCN(C)C)c2)n1.O=CO. The Balaban J connectivity index is 0.00000144. The van der Waals surface area contributed by atoms with Crippen molar-refractivity contribution in [1.82, 2.24) is 44.4 Å². The zero-order valence-corrected chi connectivity index (χ0v) is 29.6. The van der Waals surface area contributed by atoms with Crippen molar-refractivity contribution >= 4 is 29.9 Å². The third-order valence-corrected chi connectivity index (χ3v) is 9.44. The van der Waals surface area contributed by atoms with E-state index < -0.39 is 0 Å². The van der Waals surface area contributed by atoms with E-state index in [1.165, 1.54) is 6.42 Å². The van der Waals surface area contributed by atoms with Crippen molar-refractivity contribution in [2.75, 3.05) is 37.4 Å². The van der Waals surface area contributed by atoms with Crippen molar-refractivity contribution in [3.05, 3.63) is 77.9 Å². The van der Waals surface area contributed by atoms with Gasteiger partial charge in [-0.3, -0.25) is 19.2 Å². The number of carbonyl (C=O) groups excluding carboxylic acids is 1. The Morgan fingerprint density at radius 2 is 1.88 bits per heavy atom.